The summed E-state index contributed by atoms with van der Waals surface area (Å²) in [5.41, 5.74) is 0.415. The van der Waals surface area contributed by atoms with Gasteiger partial charge >= 0.3 is 0 Å². The van der Waals surface area contributed by atoms with E-state index in [1.165, 1.54) is 19.3 Å². The Kier molecular flexibility index (Phi) is 8.64. The Hall–Kier alpha value is -2.02. The van der Waals surface area contributed by atoms with Crippen molar-refractivity contribution in [2.24, 2.45) is 0 Å². The molecular weight excluding hydrogens is 364 g/mol. The van der Waals surface area contributed by atoms with Crippen molar-refractivity contribution >= 4 is 23.2 Å². The van der Waals surface area contributed by atoms with Gasteiger partial charge in [0.25, 0.3) is 5.91 Å². The molecule has 0 aromatic heterocycles. The number of carbonyl (C=O) groups excluding carboxylic acids is 1. The molecule has 0 saturated heterocycles. The maximum absolute atomic E-state index is 12.7. The first-order valence-electron chi connectivity index (χ1n) is 9.77. The first-order valence-corrected chi connectivity index (χ1v) is 10.2. The van der Waals surface area contributed by atoms with Crippen LogP contribution in [0, 0.1) is 0 Å². The minimum absolute atomic E-state index is 0.298. The molecule has 1 aromatic carbocycles. The van der Waals surface area contributed by atoms with Crippen LogP contribution >= 0.6 is 12.2 Å². The summed E-state index contributed by atoms with van der Waals surface area (Å²) < 4.78 is 17.0. The zero-order chi connectivity index (χ0) is 19.6. The van der Waals surface area contributed by atoms with Crippen LogP contribution in [0.25, 0.3) is 0 Å². The second-order valence-electron chi connectivity index (χ2n) is 6.36. The van der Waals surface area contributed by atoms with Gasteiger partial charge in [0.2, 0.25) is 5.75 Å². The van der Waals surface area contributed by atoms with Crippen molar-refractivity contribution in [3.05, 3.63) is 17.7 Å². The molecule has 0 radical (unpaired) electrons. The van der Waals surface area contributed by atoms with Gasteiger partial charge < -0.3 is 19.5 Å². The molecule has 1 saturated carbocycles. The SMILES string of the molecule is CCOc1cc(C(=O)NC(=S)NC2CCCCC2)cc(OCC)c1OCC. The molecule has 1 aliphatic rings. The summed E-state index contributed by atoms with van der Waals surface area (Å²) in [4.78, 5) is 12.7. The molecule has 0 bridgehead atoms. The van der Waals surface area contributed by atoms with Crippen molar-refractivity contribution in [3.63, 3.8) is 0 Å². The molecule has 6 nitrogen and oxygen atoms in total. The molecule has 150 valence electrons. The quantitative estimate of drug-likeness (QED) is 0.654. The third kappa shape index (κ3) is 6.27. The average Bonchev–Trinajstić information content (AvgIpc) is 2.65. The highest BCUT2D eigenvalue weighted by Crippen LogP contribution is 2.39. The Bertz CT molecular complexity index is 618. The number of carbonyl (C=O) groups is 1. The molecule has 27 heavy (non-hydrogen) atoms. The van der Waals surface area contributed by atoms with Crippen LogP contribution in [0.5, 0.6) is 17.2 Å². The molecule has 1 amide bonds. The van der Waals surface area contributed by atoms with Crippen LogP contribution in [-0.2, 0) is 0 Å². The van der Waals surface area contributed by atoms with E-state index >= 15 is 0 Å². The predicted molar refractivity (Wildman–Crippen MR) is 110 cm³/mol. The van der Waals surface area contributed by atoms with E-state index in [1.807, 2.05) is 20.8 Å². The van der Waals surface area contributed by atoms with E-state index in [0.29, 0.717) is 53.8 Å². The van der Waals surface area contributed by atoms with Crippen molar-refractivity contribution in [2.45, 2.75) is 58.9 Å². The summed E-state index contributed by atoms with van der Waals surface area (Å²) in [7, 11) is 0. The van der Waals surface area contributed by atoms with Crippen molar-refractivity contribution in [1.29, 1.82) is 0 Å². The van der Waals surface area contributed by atoms with Crippen LogP contribution in [0.4, 0.5) is 0 Å². The zero-order valence-electron chi connectivity index (χ0n) is 16.4. The highest BCUT2D eigenvalue weighted by Gasteiger charge is 2.20. The maximum atomic E-state index is 12.7. The number of rotatable bonds is 8. The van der Waals surface area contributed by atoms with E-state index in [1.54, 1.807) is 12.1 Å². The predicted octanol–water partition coefficient (Wildman–Crippen LogP) is 3.82. The summed E-state index contributed by atoms with van der Waals surface area (Å²) in [5.74, 6) is 1.19. The lowest BCUT2D eigenvalue weighted by Crippen LogP contribution is -2.45. The van der Waals surface area contributed by atoms with Crippen molar-refractivity contribution in [3.8, 4) is 17.2 Å². The third-order valence-corrected chi connectivity index (χ3v) is 4.56. The van der Waals surface area contributed by atoms with Gasteiger partial charge in [0.15, 0.2) is 16.6 Å². The molecule has 2 N–H and O–H groups in total. The van der Waals surface area contributed by atoms with E-state index in [2.05, 4.69) is 10.6 Å². The van der Waals surface area contributed by atoms with Gasteiger partial charge in [0.1, 0.15) is 0 Å². The molecule has 1 aliphatic carbocycles. The van der Waals surface area contributed by atoms with Crippen LogP contribution in [0.15, 0.2) is 12.1 Å². The second-order valence-corrected chi connectivity index (χ2v) is 6.77. The van der Waals surface area contributed by atoms with Crippen LogP contribution in [-0.4, -0.2) is 36.9 Å². The number of ether oxygens (including phenoxy) is 3. The molecule has 2 rings (SSSR count). The largest absolute Gasteiger partial charge is 0.490 e. The summed E-state index contributed by atoms with van der Waals surface area (Å²) >= 11 is 5.32. The van der Waals surface area contributed by atoms with Crippen LogP contribution < -0.4 is 24.8 Å². The topological polar surface area (TPSA) is 68.8 Å². The second kappa shape index (κ2) is 11.0. The standard InChI is InChI=1S/C20H30N2O4S/c1-4-24-16-12-14(13-17(25-5-2)18(16)26-6-3)19(23)22-20(27)21-15-10-8-7-9-11-15/h12-13,15H,4-11H2,1-3H3,(H2,21,22,23,27). The molecule has 0 atom stereocenters. The monoisotopic (exact) mass is 394 g/mol. The Balaban J connectivity index is 2.14. The van der Waals surface area contributed by atoms with Gasteiger partial charge in [-0.25, -0.2) is 0 Å². The Morgan fingerprint density at radius 1 is 1.00 bits per heavy atom. The van der Waals surface area contributed by atoms with Crippen LogP contribution in [0.2, 0.25) is 0 Å². The summed E-state index contributed by atoms with van der Waals surface area (Å²) in [6.45, 7) is 7.04. The molecule has 7 heteroatoms. The molecule has 0 aliphatic heterocycles. The third-order valence-electron chi connectivity index (χ3n) is 4.34. The summed E-state index contributed by atoms with van der Waals surface area (Å²) in [5, 5.41) is 6.36. The van der Waals surface area contributed by atoms with Crippen molar-refractivity contribution in [1.82, 2.24) is 10.6 Å². The van der Waals surface area contributed by atoms with E-state index in [0.717, 1.165) is 12.8 Å². The lowest BCUT2D eigenvalue weighted by Gasteiger charge is -2.24. The Labute approximate surface area is 166 Å². The zero-order valence-corrected chi connectivity index (χ0v) is 17.2. The fourth-order valence-corrected chi connectivity index (χ4v) is 3.42. The Morgan fingerprint density at radius 2 is 1.56 bits per heavy atom. The van der Waals surface area contributed by atoms with E-state index in [4.69, 9.17) is 26.4 Å². The average molecular weight is 395 g/mol. The van der Waals surface area contributed by atoms with E-state index in [-0.39, 0.29) is 5.91 Å². The molecule has 0 heterocycles. The van der Waals surface area contributed by atoms with Gasteiger partial charge in [-0.2, -0.15) is 0 Å². The molecule has 1 aromatic rings. The molecule has 1 fully saturated rings. The molecular formula is C20H30N2O4S. The number of amides is 1. The normalized spacial score (nSPS) is 14.3. The molecule has 0 spiro atoms. The van der Waals surface area contributed by atoms with Gasteiger partial charge in [-0.1, -0.05) is 19.3 Å². The Morgan fingerprint density at radius 3 is 2.07 bits per heavy atom. The minimum Gasteiger partial charge on any atom is -0.490 e. The first kappa shape index (κ1) is 21.3. The fourth-order valence-electron chi connectivity index (χ4n) is 3.16. The van der Waals surface area contributed by atoms with Crippen molar-refractivity contribution in [2.75, 3.05) is 19.8 Å². The van der Waals surface area contributed by atoms with Gasteiger partial charge in [0.05, 0.1) is 19.8 Å². The van der Waals surface area contributed by atoms with Gasteiger partial charge in [-0.15, -0.1) is 0 Å². The summed E-state index contributed by atoms with van der Waals surface area (Å²) in [6, 6.07) is 3.66. The van der Waals surface area contributed by atoms with Gasteiger partial charge in [0, 0.05) is 11.6 Å². The van der Waals surface area contributed by atoms with Crippen LogP contribution in [0.3, 0.4) is 0 Å². The lowest BCUT2D eigenvalue weighted by atomic mass is 9.96. The number of benzene rings is 1. The number of hydrogen-bond acceptors (Lipinski definition) is 5. The maximum Gasteiger partial charge on any atom is 0.257 e. The van der Waals surface area contributed by atoms with Gasteiger partial charge in [-0.3, -0.25) is 10.1 Å². The number of nitrogens with one attached hydrogen (secondary N) is 2. The first-order chi connectivity index (χ1) is 13.1. The highest BCUT2D eigenvalue weighted by molar-refractivity contribution is 7.80. The number of thiocarbonyl (C=S) groups is 1. The molecule has 0 unspecified atom stereocenters. The van der Waals surface area contributed by atoms with E-state index in [9.17, 15) is 4.79 Å². The highest BCUT2D eigenvalue weighted by atomic mass is 32.1. The smallest absolute Gasteiger partial charge is 0.257 e. The van der Waals surface area contributed by atoms with Gasteiger partial charge in [-0.05, 0) is 58.0 Å². The lowest BCUT2D eigenvalue weighted by molar-refractivity contribution is 0.0975. The van der Waals surface area contributed by atoms with Crippen molar-refractivity contribution < 1.29 is 19.0 Å². The van der Waals surface area contributed by atoms with E-state index < -0.39 is 0 Å². The summed E-state index contributed by atoms with van der Waals surface area (Å²) in [6.07, 6.45) is 5.83. The number of hydrogen-bond donors (Lipinski definition) is 2. The van der Waals surface area contributed by atoms with Crippen LogP contribution in [0.1, 0.15) is 63.2 Å². The minimum atomic E-state index is -0.298. The fraction of sp³-hybridized carbons (Fsp3) is 0.600.